The Bertz CT molecular complexity index is 533. The van der Waals surface area contributed by atoms with Crippen LogP contribution < -0.4 is 5.32 Å². The van der Waals surface area contributed by atoms with E-state index < -0.39 is 11.3 Å². The van der Waals surface area contributed by atoms with E-state index in [4.69, 9.17) is 4.74 Å². The van der Waals surface area contributed by atoms with Gasteiger partial charge < -0.3 is 4.74 Å². The first-order valence-electron chi connectivity index (χ1n) is 6.42. The molecule has 0 aliphatic carbocycles. The molecule has 0 saturated heterocycles. The van der Waals surface area contributed by atoms with E-state index in [-0.39, 0.29) is 6.61 Å². The quantitative estimate of drug-likeness (QED) is 0.928. The molecule has 0 radical (unpaired) electrons. The van der Waals surface area contributed by atoms with Gasteiger partial charge in [-0.1, -0.05) is 72.4 Å². The van der Waals surface area contributed by atoms with Crippen molar-refractivity contribution in [3.05, 3.63) is 71.8 Å². The second-order valence-corrected chi connectivity index (χ2v) is 5.20. The van der Waals surface area contributed by atoms with Crippen LogP contribution in [0.3, 0.4) is 0 Å². The monoisotopic (exact) mass is 301 g/mol. The van der Waals surface area contributed by atoms with Crippen molar-refractivity contribution in [1.29, 1.82) is 0 Å². The summed E-state index contributed by atoms with van der Waals surface area (Å²) >= 11 is 1.03. The SMILES string of the molecule is O=C(NC(=O)SCc1ccccc1)OCc1ccccc1. The molecule has 0 aliphatic heterocycles. The lowest BCUT2D eigenvalue weighted by molar-refractivity contribution is 0.142. The highest BCUT2D eigenvalue weighted by Gasteiger charge is 2.09. The molecule has 0 atom stereocenters. The third-order valence-electron chi connectivity index (χ3n) is 2.63. The number of nitrogens with one attached hydrogen (secondary N) is 1. The maximum atomic E-state index is 11.6. The molecule has 0 saturated carbocycles. The van der Waals surface area contributed by atoms with Gasteiger partial charge in [0.25, 0.3) is 5.24 Å². The van der Waals surface area contributed by atoms with Crippen molar-refractivity contribution in [2.45, 2.75) is 12.4 Å². The minimum absolute atomic E-state index is 0.142. The first-order chi connectivity index (χ1) is 10.2. The smallest absolute Gasteiger partial charge is 0.414 e. The zero-order chi connectivity index (χ0) is 14.9. The molecule has 2 aromatic rings. The molecule has 4 nitrogen and oxygen atoms in total. The number of alkyl carbamates (subject to hydrolysis) is 1. The van der Waals surface area contributed by atoms with Gasteiger partial charge in [0.15, 0.2) is 0 Å². The predicted octanol–water partition coefficient (Wildman–Crippen LogP) is 3.97. The minimum atomic E-state index is -0.732. The number of ether oxygens (including phenoxy) is 1. The van der Waals surface area contributed by atoms with Crippen molar-refractivity contribution in [1.82, 2.24) is 5.32 Å². The molecule has 21 heavy (non-hydrogen) atoms. The topological polar surface area (TPSA) is 55.4 Å². The molecular formula is C16H15NO3S. The summed E-state index contributed by atoms with van der Waals surface area (Å²) in [5.41, 5.74) is 1.90. The number of benzene rings is 2. The van der Waals surface area contributed by atoms with Gasteiger partial charge in [0.2, 0.25) is 0 Å². The Balaban J connectivity index is 1.69. The van der Waals surface area contributed by atoms with Gasteiger partial charge in [-0.05, 0) is 11.1 Å². The van der Waals surface area contributed by atoms with Gasteiger partial charge in [0.1, 0.15) is 6.61 Å². The molecule has 0 unspecified atom stereocenters. The summed E-state index contributed by atoms with van der Waals surface area (Å²) in [5.74, 6) is 0.513. The molecular weight excluding hydrogens is 286 g/mol. The van der Waals surface area contributed by atoms with Crippen molar-refractivity contribution in [3.63, 3.8) is 0 Å². The summed E-state index contributed by atoms with van der Waals surface area (Å²) in [5, 5.41) is 1.76. The summed E-state index contributed by atoms with van der Waals surface area (Å²) in [4.78, 5) is 23.1. The summed E-state index contributed by atoms with van der Waals surface area (Å²) in [6, 6.07) is 18.9. The van der Waals surface area contributed by atoms with Gasteiger partial charge in [-0.15, -0.1) is 0 Å². The van der Waals surface area contributed by atoms with E-state index in [1.807, 2.05) is 60.7 Å². The first kappa shape index (κ1) is 15.1. The van der Waals surface area contributed by atoms with Crippen LogP contribution in [-0.4, -0.2) is 11.3 Å². The third kappa shape index (κ3) is 5.71. The summed E-state index contributed by atoms with van der Waals surface area (Å²) in [7, 11) is 0. The molecule has 0 aliphatic rings. The van der Waals surface area contributed by atoms with Crippen LogP contribution >= 0.6 is 11.8 Å². The predicted molar refractivity (Wildman–Crippen MR) is 82.9 cm³/mol. The highest BCUT2D eigenvalue weighted by atomic mass is 32.2. The molecule has 0 fully saturated rings. The zero-order valence-corrected chi connectivity index (χ0v) is 12.1. The summed E-state index contributed by atoms with van der Waals surface area (Å²) < 4.78 is 4.97. The molecule has 0 bridgehead atoms. The molecule has 0 heterocycles. The fourth-order valence-corrected chi connectivity index (χ4v) is 2.25. The van der Waals surface area contributed by atoms with E-state index in [1.54, 1.807) is 0 Å². The Morgan fingerprint density at radius 3 is 2.10 bits per heavy atom. The zero-order valence-electron chi connectivity index (χ0n) is 11.3. The number of hydrogen-bond donors (Lipinski definition) is 1. The van der Waals surface area contributed by atoms with Crippen molar-refractivity contribution >= 4 is 23.1 Å². The lowest BCUT2D eigenvalue weighted by Crippen LogP contribution is -2.27. The van der Waals surface area contributed by atoms with Gasteiger partial charge in [-0.2, -0.15) is 0 Å². The van der Waals surface area contributed by atoms with Crippen LogP contribution in [0.5, 0.6) is 0 Å². The number of imide groups is 1. The van der Waals surface area contributed by atoms with Crippen molar-refractivity contribution in [2.75, 3.05) is 0 Å². The number of thioether (sulfide) groups is 1. The lowest BCUT2D eigenvalue weighted by Gasteiger charge is -2.06. The molecule has 0 spiro atoms. The standard InChI is InChI=1S/C16H15NO3S/c18-15(20-11-13-7-3-1-4-8-13)17-16(19)21-12-14-9-5-2-6-10-14/h1-10H,11-12H2,(H,17,18,19). The van der Waals surface area contributed by atoms with Crippen LogP contribution in [0.2, 0.25) is 0 Å². The highest BCUT2D eigenvalue weighted by molar-refractivity contribution is 8.12. The van der Waals surface area contributed by atoms with E-state index in [0.717, 1.165) is 22.9 Å². The average molecular weight is 301 g/mol. The second kappa shape index (κ2) is 8.11. The van der Waals surface area contributed by atoms with Gasteiger partial charge in [-0.25, -0.2) is 4.79 Å². The van der Waals surface area contributed by atoms with Crippen molar-refractivity contribution in [2.24, 2.45) is 0 Å². The maximum absolute atomic E-state index is 11.6. The number of amides is 2. The lowest BCUT2D eigenvalue weighted by atomic mass is 10.2. The highest BCUT2D eigenvalue weighted by Crippen LogP contribution is 2.12. The van der Waals surface area contributed by atoms with Crippen LogP contribution in [-0.2, 0) is 17.1 Å². The van der Waals surface area contributed by atoms with Crippen molar-refractivity contribution in [3.8, 4) is 0 Å². The average Bonchev–Trinajstić information content (AvgIpc) is 2.53. The van der Waals surface area contributed by atoms with E-state index in [0.29, 0.717) is 5.75 Å². The fraction of sp³-hybridized carbons (Fsp3) is 0.125. The largest absolute Gasteiger partial charge is 0.444 e. The molecule has 0 aromatic heterocycles. The third-order valence-corrected chi connectivity index (χ3v) is 3.47. The van der Waals surface area contributed by atoms with Crippen LogP contribution in [0.15, 0.2) is 60.7 Å². The molecule has 108 valence electrons. The normalized spacial score (nSPS) is 9.90. The van der Waals surface area contributed by atoms with Crippen LogP contribution in [0.1, 0.15) is 11.1 Å². The van der Waals surface area contributed by atoms with Gasteiger partial charge in [0.05, 0.1) is 0 Å². The molecule has 5 heteroatoms. The van der Waals surface area contributed by atoms with E-state index in [9.17, 15) is 9.59 Å². The summed E-state index contributed by atoms with van der Waals surface area (Å²) in [6.07, 6.45) is -0.732. The number of hydrogen-bond acceptors (Lipinski definition) is 4. The van der Waals surface area contributed by atoms with Gasteiger partial charge >= 0.3 is 6.09 Å². The van der Waals surface area contributed by atoms with E-state index in [2.05, 4.69) is 5.32 Å². The van der Waals surface area contributed by atoms with Gasteiger partial charge in [-0.3, -0.25) is 10.1 Å². The number of carbonyl (C=O) groups excluding carboxylic acids is 2. The van der Waals surface area contributed by atoms with E-state index in [1.165, 1.54) is 0 Å². The van der Waals surface area contributed by atoms with Crippen LogP contribution in [0.25, 0.3) is 0 Å². The minimum Gasteiger partial charge on any atom is -0.444 e. The van der Waals surface area contributed by atoms with E-state index >= 15 is 0 Å². The maximum Gasteiger partial charge on any atom is 0.414 e. The second-order valence-electron chi connectivity index (χ2n) is 4.25. The fourth-order valence-electron chi connectivity index (χ4n) is 1.60. The number of carbonyl (C=O) groups is 2. The molecule has 1 N–H and O–H groups in total. The van der Waals surface area contributed by atoms with Gasteiger partial charge in [0, 0.05) is 5.75 Å². The summed E-state index contributed by atoms with van der Waals surface area (Å²) in [6.45, 7) is 0.142. The number of rotatable bonds is 4. The molecule has 2 amide bonds. The Hall–Kier alpha value is -2.27. The Morgan fingerprint density at radius 2 is 1.48 bits per heavy atom. The molecule has 2 rings (SSSR count). The van der Waals surface area contributed by atoms with Crippen LogP contribution in [0, 0.1) is 0 Å². The van der Waals surface area contributed by atoms with Crippen molar-refractivity contribution < 1.29 is 14.3 Å². The van der Waals surface area contributed by atoms with Crippen LogP contribution in [0.4, 0.5) is 9.59 Å². The molecule has 2 aromatic carbocycles. The Kier molecular flexibility index (Phi) is 5.84. The Labute approximate surface area is 127 Å². The first-order valence-corrected chi connectivity index (χ1v) is 7.41. The Morgan fingerprint density at radius 1 is 0.905 bits per heavy atom.